The molecule has 0 saturated heterocycles. The molecule has 0 bridgehead atoms. The van der Waals surface area contributed by atoms with E-state index in [4.69, 9.17) is 0 Å². The van der Waals surface area contributed by atoms with Crippen molar-refractivity contribution in [2.24, 2.45) is 11.8 Å². The molecule has 1 saturated carbocycles. The summed E-state index contributed by atoms with van der Waals surface area (Å²) in [5.74, 6) is 1.39. The van der Waals surface area contributed by atoms with Gasteiger partial charge in [-0.05, 0) is 24.7 Å². The van der Waals surface area contributed by atoms with Crippen LogP contribution in [0.2, 0.25) is 0 Å². The van der Waals surface area contributed by atoms with E-state index in [-0.39, 0.29) is 0 Å². The van der Waals surface area contributed by atoms with Gasteiger partial charge in [0.05, 0.1) is 0 Å². The third-order valence-corrected chi connectivity index (χ3v) is 7.77. The van der Waals surface area contributed by atoms with Gasteiger partial charge in [0.15, 0.2) is 7.14 Å². The summed E-state index contributed by atoms with van der Waals surface area (Å²) in [5, 5.41) is 2.86. The molecule has 0 amide bonds. The molecular formula is C20H19OP. The number of hydrogen-bond acceptors (Lipinski definition) is 1. The molecule has 4 rings (SSSR count). The van der Waals surface area contributed by atoms with Gasteiger partial charge in [-0.2, -0.15) is 0 Å². The standard InChI is InChI=1S/C20H19OP/c21-22(18-9-3-1-4-10-18,19-11-5-2-6-12-19)20-13-7-8-16-14-17(16)15-20/h1-7,9-13,15-17H,8,14H2. The molecule has 0 N–H and O–H groups in total. The highest BCUT2D eigenvalue weighted by molar-refractivity contribution is 7.82. The van der Waals surface area contributed by atoms with E-state index >= 15 is 0 Å². The molecule has 2 unspecified atom stereocenters. The van der Waals surface area contributed by atoms with Gasteiger partial charge in [-0.15, -0.1) is 0 Å². The molecule has 0 heterocycles. The maximum atomic E-state index is 14.2. The number of benzene rings is 2. The van der Waals surface area contributed by atoms with Crippen LogP contribution < -0.4 is 10.6 Å². The second kappa shape index (κ2) is 5.41. The van der Waals surface area contributed by atoms with E-state index < -0.39 is 7.14 Å². The Bertz CT molecular complexity index is 730. The fourth-order valence-corrected chi connectivity index (χ4v) is 6.11. The monoisotopic (exact) mass is 306 g/mol. The Balaban J connectivity index is 1.91. The van der Waals surface area contributed by atoms with Crippen LogP contribution in [-0.2, 0) is 4.57 Å². The Kier molecular flexibility index (Phi) is 3.39. The molecule has 0 radical (unpaired) electrons. The van der Waals surface area contributed by atoms with Crippen molar-refractivity contribution in [1.29, 1.82) is 0 Å². The van der Waals surface area contributed by atoms with Crippen molar-refractivity contribution in [3.63, 3.8) is 0 Å². The van der Waals surface area contributed by atoms with Crippen molar-refractivity contribution in [3.8, 4) is 0 Å². The van der Waals surface area contributed by atoms with Gasteiger partial charge in [-0.25, -0.2) is 0 Å². The Labute approximate surface area is 131 Å². The van der Waals surface area contributed by atoms with Crippen molar-refractivity contribution in [2.75, 3.05) is 0 Å². The highest BCUT2D eigenvalue weighted by Gasteiger charge is 2.39. The van der Waals surface area contributed by atoms with Crippen LogP contribution in [-0.4, -0.2) is 0 Å². The van der Waals surface area contributed by atoms with Gasteiger partial charge < -0.3 is 4.57 Å². The molecule has 2 aliphatic carbocycles. The Morgan fingerprint density at radius 3 is 2.05 bits per heavy atom. The van der Waals surface area contributed by atoms with Gasteiger partial charge in [0.1, 0.15) is 0 Å². The van der Waals surface area contributed by atoms with Crippen LogP contribution in [0.4, 0.5) is 0 Å². The zero-order valence-electron chi connectivity index (χ0n) is 12.4. The molecule has 0 aliphatic heterocycles. The second-order valence-electron chi connectivity index (χ2n) is 6.17. The van der Waals surface area contributed by atoms with Gasteiger partial charge in [0.25, 0.3) is 0 Å². The van der Waals surface area contributed by atoms with Crippen LogP contribution in [0, 0.1) is 11.8 Å². The summed E-state index contributed by atoms with van der Waals surface area (Å²) >= 11 is 0. The number of allylic oxidation sites excluding steroid dienone is 4. The summed E-state index contributed by atoms with van der Waals surface area (Å²) in [7, 11) is -2.76. The molecule has 110 valence electrons. The second-order valence-corrected chi connectivity index (χ2v) is 8.94. The predicted octanol–water partition coefficient (Wildman–Crippen LogP) is 4.48. The minimum Gasteiger partial charge on any atom is -0.309 e. The molecule has 1 fully saturated rings. The molecule has 2 aromatic rings. The fourth-order valence-electron chi connectivity index (χ4n) is 3.32. The van der Waals surface area contributed by atoms with Gasteiger partial charge in [-0.1, -0.05) is 78.9 Å². The Morgan fingerprint density at radius 2 is 1.45 bits per heavy atom. The molecule has 2 aliphatic rings. The first-order valence-electron chi connectivity index (χ1n) is 7.89. The minimum atomic E-state index is -2.76. The van der Waals surface area contributed by atoms with Crippen LogP contribution in [0.15, 0.2) is 84.2 Å². The van der Waals surface area contributed by atoms with Crippen molar-refractivity contribution in [2.45, 2.75) is 12.8 Å². The number of hydrogen-bond donors (Lipinski definition) is 0. The van der Waals surface area contributed by atoms with Gasteiger partial charge in [0.2, 0.25) is 0 Å². The van der Waals surface area contributed by atoms with Crippen LogP contribution in [0.1, 0.15) is 12.8 Å². The Morgan fingerprint density at radius 1 is 0.864 bits per heavy atom. The smallest absolute Gasteiger partial charge is 0.170 e. The average molecular weight is 306 g/mol. The van der Waals surface area contributed by atoms with Gasteiger partial charge in [-0.3, -0.25) is 0 Å². The summed E-state index contributed by atoms with van der Waals surface area (Å²) in [5.41, 5.74) is 0. The van der Waals surface area contributed by atoms with Crippen molar-refractivity contribution >= 4 is 17.8 Å². The molecule has 2 heteroatoms. The summed E-state index contributed by atoms with van der Waals surface area (Å²) in [4.78, 5) is 0. The van der Waals surface area contributed by atoms with Gasteiger partial charge in [0, 0.05) is 15.9 Å². The van der Waals surface area contributed by atoms with E-state index in [2.05, 4.69) is 18.2 Å². The van der Waals surface area contributed by atoms with E-state index in [1.807, 2.05) is 60.7 Å². The van der Waals surface area contributed by atoms with Crippen molar-refractivity contribution < 1.29 is 4.57 Å². The fraction of sp³-hybridized carbons (Fsp3) is 0.200. The average Bonchev–Trinajstić information content (AvgIpc) is 3.34. The van der Waals surface area contributed by atoms with Gasteiger partial charge >= 0.3 is 0 Å². The minimum absolute atomic E-state index is 0.616. The highest BCUT2D eigenvalue weighted by atomic mass is 31.2. The van der Waals surface area contributed by atoms with Crippen molar-refractivity contribution in [3.05, 3.63) is 84.2 Å². The lowest BCUT2D eigenvalue weighted by Gasteiger charge is -2.21. The first-order valence-corrected chi connectivity index (χ1v) is 9.59. The lowest BCUT2D eigenvalue weighted by Crippen LogP contribution is -2.16. The van der Waals surface area contributed by atoms with E-state index in [1.165, 1.54) is 6.42 Å². The highest BCUT2D eigenvalue weighted by Crippen LogP contribution is 2.56. The van der Waals surface area contributed by atoms with Crippen LogP contribution in [0.25, 0.3) is 0 Å². The third-order valence-electron chi connectivity index (χ3n) is 4.69. The molecule has 0 spiro atoms. The molecule has 2 atom stereocenters. The third kappa shape index (κ3) is 2.30. The maximum absolute atomic E-state index is 14.2. The quantitative estimate of drug-likeness (QED) is 0.764. The molecule has 0 aromatic heterocycles. The lowest BCUT2D eigenvalue weighted by atomic mass is 10.2. The van der Waals surface area contributed by atoms with E-state index in [0.29, 0.717) is 5.92 Å². The summed E-state index contributed by atoms with van der Waals surface area (Å²) in [6.45, 7) is 0. The Hall–Kier alpha value is -1.85. The van der Waals surface area contributed by atoms with E-state index in [0.717, 1.165) is 28.3 Å². The summed E-state index contributed by atoms with van der Waals surface area (Å²) in [6, 6.07) is 19.9. The molecular weight excluding hydrogens is 287 g/mol. The first-order chi connectivity index (χ1) is 10.8. The van der Waals surface area contributed by atoms with Crippen molar-refractivity contribution in [1.82, 2.24) is 0 Å². The molecule has 1 nitrogen and oxygen atoms in total. The number of rotatable bonds is 3. The zero-order valence-corrected chi connectivity index (χ0v) is 13.3. The molecule has 22 heavy (non-hydrogen) atoms. The summed E-state index contributed by atoms with van der Waals surface area (Å²) < 4.78 is 14.2. The van der Waals surface area contributed by atoms with Crippen LogP contribution >= 0.6 is 7.14 Å². The predicted molar refractivity (Wildman–Crippen MR) is 93.2 cm³/mol. The maximum Gasteiger partial charge on any atom is 0.170 e. The van der Waals surface area contributed by atoms with Crippen LogP contribution in [0.5, 0.6) is 0 Å². The van der Waals surface area contributed by atoms with E-state index in [1.54, 1.807) is 0 Å². The first kappa shape index (κ1) is 13.8. The molecule has 2 aromatic carbocycles. The zero-order chi connectivity index (χ0) is 15.0. The topological polar surface area (TPSA) is 17.1 Å². The normalized spacial score (nSPS) is 23.4. The van der Waals surface area contributed by atoms with E-state index in [9.17, 15) is 4.57 Å². The largest absolute Gasteiger partial charge is 0.309 e. The lowest BCUT2D eigenvalue weighted by molar-refractivity contribution is 0.591. The SMILES string of the molecule is O=P(C1=CC2CC2CC=C1)(c1ccccc1)c1ccccc1. The summed E-state index contributed by atoms with van der Waals surface area (Å²) in [6.07, 6.45) is 8.95. The van der Waals surface area contributed by atoms with Crippen LogP contribution in [0.3, 0.4) is 0 Å². The number of fused-ring (bicyclic) bond motifs is 1.